The predicted octanol–water partition coefficient (Wildman–Crippen LogP) is 3.04. The number of ether oxygens (including phenoxy) is 1. The van der Waals surface area contributed by atoms with Gasteiger partial charge >= 0.3 is 0 Å². The van der Waals surface area contributed by atoms with E-state index >= 15 is 0 Å². The summed E-state index contributed by atoms with van der Waals surface area (Å²) in [7, 11) is 0. The molecule has 3 nitrogen and oxygen atoms in total. The van der Waals surface area contributed by atoms with Crippen molar-refractivity contribution in [1.29, 1.82) is 0 Å². The van der Waals surface area contributed by atoms with Crippen molar-refractivity contribution in [1.82, 2.24) is 0 Å². The normalized spacial score (nSPS) is 11.6. The SMILES string of the molecule is Cl.NC(CO)Cc1ccccc1Oc1ccc(F)cc1F. The van der Waals surface area contributed by atoms with Crippen LogP contribution in [0.3, 0.4) is 0 Å². The summed E-state index contributed by atoms with van der Waals surface area (Å²) in [6, 6.07) is 9.69. The first kappa shape index (κ1) is 17.4. The van der Waals surface area contributed by atoms with Gasteiger partial charge in [0.2, 0.25) is 0 Å². The number of halogens is 3. The molecule has 0 aliphatic carbocycles. The molecule has 3 N–H and O–H groups in total. The Balaban J connectivity index is 0.00000220. The third-order valence-corrected chi connectivity index (χ3v) is 2.80. The van der Waals surface area contributed by atoms with E-state index in [0.29, 0.717) is 12.2 Å². The second kappa shape index (κ2) is 7.93. The second-order valence-corrected chi connectivity index (χ2v) is 4.43. The van der Waals surface area contributed by atoms with Crippen molar-refractivity contribution >= 4 is 12.4 Å². The molecule has 0 amide bonds. The van der Waals surface area contributed by atoms with Crippen LogP contribution in [-0.4, -0.2) is 17.8 Å². The molecule has 0 saturated heterocycles. The fourth-order valence-electron chi connectivity index (χ4n) is 1.80. The van der Waals surface area contributed by atoms with Crippen LogP contribution in [0.1, 0.15) is 5.56 Å². The fraction of sp³-hybridized carbons (Fsp3) is 0.200. The van der Waals surface area contributed by atoms with E-state index in [-0.39, 0.29) is 24.8 Å². The zero-order valence-corrected chi connectivity index (χ0v) is 11.9. The Bertz CT molecular complexity index is 596. The molecule has 0 bridgehead atoms. The molecule has 0 heterocycles. The maximum atomic E-state index is 13.6. The molecule has 0 fully saturated rings. The van der Waals surface area contributed by atoms with E-state index in [1.54, 1.807) is 24.3 Å². The number of nitrogens with two attached hydrogens (primary N) is 1. The first-order valence-electron chi connectivity index (χ1n) is 6.17. The molecule has 6 heteroatoms. The van der Waals surface area contributed by atoms with Gasteiger partial charge < -0.3 is 15.6 Å². The highest BCUT2D eigenvalue weighted by Gasteiger charge is 2.11. The highest BCUT2D eigenvalue weighted by Crippen LogP contribution is 2.28. The molecule has 114 valence electrons. The Morgan fingerprint density at radius 2 is 1.81 bits per heavy atom. The molecule has 1 atom stereocenters. The Kier molecular flexibility index (Phi) is 6.55. The van der Waals surface area contributed by atoms with Crippen LogP contribution in [-0.2, 0) is 6.42 Å². The van der Waals surface area contributed by atoms with Crippen LogP contribution in [0, 0.1) is 11.6 Å². The third kappa shape index (κ3) is 4.67. The zero-order chi connectivity index (χ0) is 14.5. The van der Waals surface area contributed by atoms with E-state index in [4.69, 9.17) is 15.6 Å². The monoisotopic (exact) mass is 315 g/mol. The topological polar surface area (TPSA) is 55.5 Å². The Labute approximate surface area is 127 Å². The fourth-order valence-corrected chi connectivity index (χ4v) is 1.80. The average molecular weight is 316 g/mol. The minimum Gasteiger partial charge on any atom is -0.454 e. The van der Waals surface area contributed by atoms with Crippen molar-refractivity contribution in [2.24, 2.45) is 5.73 Å². The number of para-hydroxylation sites is 1. The van der Waals surface area contributed by atoms with E-state index < -0.39 is 17.7 Å². The number of rotatable bonds is 5. The lowest BCUT2D eigenvalue weighted by Gasteiger charge is -2.14. The zero-order valence-electron chi connectivity index (χ0n) is 11.1. The summed E-state index contributed by atoms with van der Waals surface area (Å²) in [5.41, 5.74) is 6.44. The molecule has 0 aromatic heterocycles. The lowest BCUT2D eigenvalue weighted by atomic mass is 10.1. The summed E-state index contributed by atoms with van der Waals surface area (Å²) in [6.07, 6.45) is 0.398. The largest absolute Gasteiger partial charge is 0.454 e. The van der Waals surface area contributed by atoms with Crippen LogP contribution in [0.2, 0.25) is 0 Å². The predicted molar refractivity (Wildman–Crippen MR) is 78.9 cm³/mol. The smallest absolute Gasteiger partial charge is 0.168 e. The molecule has 2 aromatic carbocycles. The molecule has 2 aromatic rings. The molecular weight excluding hydrogens is 300 g/mol. The van der Waals surface area contributed by atoms with Crippen LogP contribution in [0.15, 0.2) is 42.5 Å². The van der Waals surface area contributed by atoms with Gasteiger partial charge in [-0.05, 0) is 30.2 Å². The van der Waals surface area contributed by atoms with Gasteiger partial charge in [-0.2, -0.15) is 0 Å². The van der Waals surface area contributed by atoms with Gasteiger partial charge in [0.05, 0.1) is 6.61 Å². The van der Waals surface area contributed by atoms with Crippen LogP contribution in [0.25, 0.3) is 0 Å². The number of hydrogen-bond acceptors (Lipinski definition) is 3. The standard InChI is InChI=1S/C15H15F2NO2.ClH/c16-11-5-6-15(13(17)8-11)20-14-4-2-1-3-10(14)7-12(18)9-19;/h1-6,8,12,19H,7,9,18H2;1H. The number of benzene rings is 2. The summed E-state index contributed by atoms with van der Waals surface area (Å²) in [4.78, 5) is 0. The second-order valence-electron chi connectivity index (χ2n) is 4.43. The van der Waals surface area contributed by atoms with Crippen molar-refractivity contribution in [3.05, 3.63) is 59.7 Å². The third-order valence-electron chi connectivity index (χ3n) is 2.80. The molecular formula is C15H16ClF2NO2. The number of hydrogen-bond donors (Lipinski definition) is 2. The summed E-state index contributed by atoms with van der Waals surface area (Å²) >= 11 is 0. The van der Waals surface area contributed by atoms with Gasteiger partial charge in [0, 0.05) is 12.1 Å². The quantitative estimate of drug-likeness (QED) is 0.891. The molecule has 2 rings (SSSR count). The van der Waals surface area contributed by atoms with Gasteiger partial charge in [-0.1, -0.05) is 18.2 Å². The van der Waals surface area contributed by atoms with E-state index in [2.05, 4.69) is 0 Å². The van der Waals surface area contributed by atoms with E-state index in [0.717, 1.165) is 17.7 Å². The molecule has 0 radical (unpaired) electrons. The Morgan fingerprint density at radius 3 is 2.48 bits per heavy atom. The van der Waals surface area contributed by atoms with Gasteiger partial charge in [0.25, 0.3) is 0 Å². The molecule has 0 aliphatic heterocycles. The number of aliphatic hydroxyl groups excluding tert-OH is 1. The molecule has 0 saturated carbocycles. The summed E-state index contributed by atoms with van der Waals surface area (Å²) in [5.74, 6) is -1.06. The van der Waals surface area contributed by atoms with Crippen molar-refractivity contribution in [2.45, 2.75) is 12.5 Å². The lowest BCUT2D eigenvalue weighted by Crippen LogP contribution is -2.26. The van der Waals surface area contributed by atoms with E-state index in [1.165, 1.54) is 6.07 Å². The van der Waals surface area contributed by atoms with Crippen LogP contribution in [0.4, 0.5) is 8.78 Å². The maximum Gasteiger partial charge on any atom is 0.168 e. The first-order chi connectivity index (χ1) is 9.60. The summed E-state index contributed by atoms with van der Waals surface area (Å²) < 4.78 is 31.9. The van der Waals surface area contributed by atoms with Crippen molar-refractivity contribution in [3.63, 3.8) is 0 Å². The van der Waals surface area contributed by atoms with Gasteiger partial charge in [-0.15, -0.1) is 12.4 Å². The Morgan fingerprint density at radius 1 is 1.10 bits per heavy atom. The van der Waals surface area contributed by atoms with Crippen LogP contribution in [0.5, 0.6) is 11.5 Å². The molecule has 21 heavy (non-hydrogen) atoms. The number of aliphatic hydroxyl groups is 1. The average Bonchev–Trinajstić information content (AvgIpc) is 2.43. The highest BCUT2D eigenvalue weighted by atomic mass is 35.5. The van der Waals surface area contributed by atoms with Gasteiger partial charge in [-0.25, -0.2) is 8.78 Å². The van der Waals surface area contributed by atoms with Gasteiger partial charge in [0.15, 0.2) is 11.6 Å². The summed E-state index contributed by atoms with van der Waals surface area (Å²) in [6.45, 7) is -0.154. The van der Waals surface area contributed by atoms with Crippen LogP contribution < -0.4 is 10.5 Å². The first-order valence-corrected chi connectivity index (χ1v) is 6.17. The van der Waals surface area contributed by atoms with Gasteiger partial charge in [0.1, 0.15) is 11.6 Å². The van der Waals surface area contributed by atoms with Crippen molar-refractivity contribution < 1.29 is 18.6 Å². The van der Waals surface area contributed by atoms with Crippen LogP contribution >= 0.6 is 12.4 Å². The molecule has 1 unspecified atom stereocenters. The van der Waals surface area contributed by atoms with Crippen molar-refractivity contribution in [2.75, 3.05) is 6.61 Å². The minimum atomic E-state index is -0.772. The maximum absolute atomic E-state index is 13.6. The lowest BCUT2D eigenvalue weighted by molar-refractivity contribution is 0.264. The molecule has 0 spiro atoms. The molecule has 0 aliphatic rings. The van der Waals surface area contributed by atoms with Crippen molar-refractivity contribution in [3.8, 4) is 11.5 Å². The van der Waals surface area contributed by atoms with E-state index in [9.17, 15) is 8.78 Å². The minimum absolute atomic E-state index is 0. The highest BCUT2D eigenvalue weighted by molar-refractivity contribution is 5.85. The Hall–Kier alpha value is -1.69. The van der Waals surface area contributed by atoms with Gasteiger partial charge in [-0.3, -0.25) is 0 Å². The van der Waals surface area contributed by atoms with E-state index in [1.807, 2.05) is 0 Å². The summed E-state index contributed by atoms with van der Waals surface area (Å²) in [5, 5.41) is 8.98.